The standard InChI is InChI=1S/C20H17ClN2O3S/c1-25-15-5-3-4-13(19(15)26-2)14-10-16(24)22-18-17(23-27-20(14)18)11-6-8-12(21)9-7-11/h3-9,14H,10H2,1-2H3,(H,22,24)/t14-/m0/s1. The second-order valence-corrected chi connectivity index (χ2v) is 7.41. The maximum atomic E-state index is 12.5. The van der Waals surface area contributed by atoms with Crippen LogP contribution >= 0.6 is 23.1 Å². The number of carbonyl (C=O) groups excluding carboxylic acids is 1. The van der Waals surface area contributed by atoms with E-state index in [0.717, 1.165) is 27.4 Å². The topological polar surface area (TPSA) is 60.5 Å². The molecule has 0 spiro atoms. The maximum Gasteiger partial charge on any atom is 0.225 e. The van der Waals surface area contributed by atoms with E-state index in [1.165, 1.54) is 11.5 Å². The minimum atomic E-state index is -0.141. The minimum absolute atomic E-state index is 0.0483. The van der Waals surface area contributed by atoms with Crippen molar-refractivity contribution in [1.29, 1.82) is 0 Å². The van der Waals surface area contributed by atoms with E-state index < -0.39 is 0 Å². The van der Waals surface area contributed by atoms with Crippen molar-refractivity contribution in [2.45, 2.75) is 12.3 Å². The average molecular weight is 401 g/mol. The van der Waals surface area contributed by atoms with Crippen molar-refractivity contribution in [3.8, 4) is 22.8 Å². The van der Waals surface area contributed by atoms with E-state index in [0.29, 0.717) is 22.9 Å². The summed E-state index contributed by atoms with van der Waals surface area (Å²) < 4.78 is 15.6. The van der Waals surface area contributed by atoms with E-state index in [2.05, 4.69) is 9.69 Å². The van der Waals surface area contributed by atoms with E-state index in [1.54, 1.807) is 14.2 Å². The summed E-state index contributed by atoms with van der Waals surface area (Å²) >= 11 is 7.39. The fourth-order valence-electron chi connectivity index (χ4n) is 3.37. The Labute approximate surface area is 166 Å². The molecule has 0 unspecified atom stereocenters. The van der Waals surface area contributed by atoms with Crippen LogP contribution in [-0.2, 0) is 4.79 Å². The predicted octanol–water partition coefficient (Wildman–Crippen LogP) is 4.95. The molecule has 0 bridgehead atoms. The van der Waals surface area contributed by atoms with Gasteiger partial charge >= 0.3 is 0 Å². The molecule has 4 rings (SSSR count). The summed E-state index contributed by atoms with van der Waals surface area (Å²) in [7, 11) is 3.21. The molecule has 138 valence electrons. The van der Waals surface area contributed by atoms with Crippen LogP contribution in [0.25, 0.3) is 11.3 Å². The Balaban J connectivity index is 1.84. The van der Waals surface area contributed by atoms with Gasteiger partial charge in [0.25, 0.3) is 0 Å². The highest BCUT2D eigenvalue weighted by molar-refractivity contribution is 7.07. The number of rotatable bonds is 4. The molecule has 0 radical (unpaired) electrons. The number of halogens is 1. The molecule has 0 aliphatic carbocycles. The molecule has 1 aromatic heterocycles. The smallest absolute Gasteiger partial charge is 0.225 e. The van der Waals surface area contributed by atoms with E-state index in [1.807, 2.05) is 42.5 Å². The zero-order valence-corrected chi connectivity index (χ0v) is 16.4. The number of methoxy groups -OCH3 is 2. The summed E-state index contributed by atoms with van der Waals surface area (Å²) in [6, 6.07) is 13.2. The lowest BCUT2D eigenvalue weighted by Gasteiger charge is -2.25. The Morgan fingerprint density at radius 3 is 2.63 bits per heavy atom. The summed E-state index contributed by atoms with van der Waals surface area (Å²) in [6.45, 7) is 0. The molecule has 3 aromatic rings. The van der Waals surface area contributed by atoms with Gasteiger partial charge in [0.2, 0.25) is 5.91 Å². The van der Waals surface area contributed by atoms with Gasteiger partial charge in [0.15, 0.2) is 11.5 Å². The van der Waals surface area contributed by atoms with Crippen LogP contribution in [0.3, 0.4) is 0 Å². The van der Waals surface area contributed by atoms with E-state index in [-0.39, 0.29) is 11.8 Å². The first kappa shape index (κ1) is 17.8. The molecule has 2 aromatic carbocycles. The average Bonchev–Trinajstić information content (AvgIpc) is 3.11. The minimum Gasteiger partial charge on any atom is -0.493 e. The van der Waals surface area contributed by atoms with E-state index in [4.69, 9.17) is 21.1 Å². The quantitative estimate of drug-likeness (QED) is 0.672. The second kappa shape index (κ2) is 7.21. The third kappa shape index (κ3) is 3.15. The normalized spacial score (nSPS) is 15.8. The number of hydrogen-bond acceptors (Lipinski definition) is 5. The Hall–Kier alpha value is -2.57. The Morgan fingerprint density at radius 1 is 1.15 bits per heavy atom. The molecule has 1 amide bonds. The summed E-state index contributed by atoms with van der Waals surface area (Å²) in [5, 5.41) is 3.65. The van der Waals surface area contributed by atoms with E-state index in [9.17, 15) is 4.79 Å². The number of nitrogens with one attached hydrogen (secondary N) is 1. The van der Waals surface area contributed by atoms with Gasteiger partial charge in [-0.25, -0.2) is 0 Å². The molecule has 27 heavy (non-hydrogen) atoms. The number of para-hydroxylation sites is 1. The highest BCUT2D eigenvalue weighted by Crippen LogP contribution is 2.48. The molecular weight excluding hydrogens is 384 g/mol. The fourth-order valence-corrected chi connectivity index (χ4v) is 4.46. The van der Waals surface area contributed by atoms with Crippen molar-refractivity contribution in [3.63, 3.8) is 0 Å². The van der Waals surface area contributed by atoms with Crippen LogP contribution in [0.4, 0.5) is 5.69 Å². The number of benzene rings is 2. The van der Waals surface area contributed by atoms with Crippen LogP contribution in [0, 0.1) is 0 Å². The number of fused-ring (bicyclic) bond motifs is 1. The predicted molar refractivity (Wildman–Crippen MR) is 107 cm³/mol. The molecule has 7 heteroatoms. The first-order chi connectivity index (χ1) is 13.1. The molecule has 0 saturated heterocycles. The van der Waals surface area contributed by atoms with Gasteiger partial charge in [0, 0.05) is 28.5 Å². The molecule has 2 heterocycles. The number of aromatic nitrogens is 1. The Morgan fingerprint density at radius 2 is 1.93 bits per heavy atom. The van der Waals surface area contributed by atoms with Crippen molar-refractivity contribution in [1.82, 2.24) is 4.37 Å². The van der Waals surface area contributed by atoms with Crippen LogP contribution in [0.1, 0.15) is 22.8 Å². The first-order valence-electron chi connectivity index (χ1n) is 8.38. The number of hydrogen-bond donors (Lipinski definition) is 1. The lowest BCUT2D eigenvalue weighted by molar-refractivity contribution is -0.116. The molecule has 1 atom stereocenters. The molecule has 0 fully saturated rings. The number of nitrogens with zero attached hydrogens (tertiary/aromatic N) is 1. The summed E-state index contributed by atoms with van der Waals surface area (Å²) in [5.74, 6) is 1.10. The summed E-state index contributed by atoms with van der Waals surface area (Å²) in [6.07, 6.45) is 0.332. The van der Waals surface area contributed by atoms with Crippen molar-refractivity contribution in [3.05, 3.63) is 57.9 Å². The third-order valence-electron chi connectivity index (χ3n) is 4.62. The third-order valence-corrected chi connectivity index (χ3v) is 5.83. The second-order valence-electron chi connectivity index (χ2n) is 6.16. The summed E-state index contributed by atoms with van der Waals surface area (Å²) in [4.78, 5) is 13.5. The van der Waals surface area contributed by atoms with Crippen molar-refractivity contribution in [2.75, 3.05) is 19.5 Å². The molecule has 0 saturated carbocycles. The number of carbonyl (C=O) groups is 1. The van der Waals surface area contributed by atoms with E-state index >= 15 is 0 Å². The lowest BCUT2D eigenvalue weighted by Crippen LogP contribution is -2.22. The summed E-state index contributed by atoms with van der Waals surface area (Å²) in [5.41, 5.74) is 3.34. The largest absolute Gasteiger partial charge is 0.493 e. The molecule has 1 aliphatic rings. The monoisotopic (exact) mass is 400 g/mol. The molecule has 1 N–H and O–H groups in total. The van der Waals surface area contributed by atoms with Crippen LogP contribution in [0.15, 0.2) is 42.5 Å². The SMILES string of the molecule is COc1cccc([C@@H]2CC(=O)Nc3c(-c4ccc(Cl)cc4)nsc32)c1OC. The Kier molecular flexibility index (Phi) is 4.76. The molecule has 1 aliphatic heterocycles. The van der Waals surface area contributed by atoms with Crippen molar-refractivity contribution < 1.29 is 14.3 Å². The Bertz CT molecular complexity index is 1000. The fraction of sp³-hybridized carbons (Fsp3) is 0.200. The van der Waals surface area contributed by atoms with Crippen LogP contribution in [0.2, 0.25) is 5.02 Å². The number of anilines is 1. The number of ether oxygens (including phenoxy) is 2. The van der Waals surface area contributed by atoms with Gasteiger partial charge in [0.1, 0.15) is 5.69 Å². The van der Waals surface area contributed by atoms with Gasteiger partial charge in [-0.15, -0.1) is 0 Å². The van der Waals surface area contributed by atoms with Crippen molar-refractivity contribution in [2.24, 2.45) is 0 Å². The number of amides is 1. The van der Waals surface area contributed by atoms with Crippen LogP contribution in [0.5, 0.6) is 11.5 Å². The van der Waals surface area contributed by atoms with Crippen LogP contribution in [-0.4, -0.2) is 24.5 Å². The van der Waals surface area contributed by atoms with Gasteiger partial charge in [-0.2, -0.15) is 4.37 Å². The molecule has 5 nitrogen and oxygen atoms in total. The highest BCUT2D eigenvalue weighted by atomic mass is 35.5. The van der Waals surface area contributed by atoms with Gasteiger partial charge in [-0.3, -0.25) is 4.79 Å². The first-order valence-corrected chi connectivity index (χ1v) is 9.53. The maximum absolute atomic E-state index is 12.5. The van der Waals surface area contributed by atoms with Crippen LogP contribution < -0.4 is 14.8 Å². The van der Waals surface area contributed by atoms with Gasteiger partial charge in [-0.1, -0.05) is 35.9 Å². The van der Waals surface area contributed by atoms with Crippen molar-refractivity contribution >= 4 is 34.7 Å². The van der Waals surface area contributed by atoms with Gasteiger partial charge < -0.3 is 14.8 Å². The molecular formula is C20H17ClN2O3S. The van der Waals surface area contributed by atoms with Gasteiger partial charge in [0.05, 0.1) is 24.8 Å². The highest BCUT2D eigenvalue weighted by Gasteiger charge is 2.33. The van der Waals surface area contributed by atoms with Gasteiger partial charge in [-0.05, 0) is 29.7 Å². The lowest BCUT2D eigenvalue weighted by atomic mass is 9.88. The zero-order chi connectivity index (χ0) is 19.0. The zero-order valence-electron chi connectivity index (χ0n) is 14.8.